The number of nitrogens with one attached hydrogen (secondary N) is 1. The van der Waals surface area contributed by atoms with Crippen molar-refractivity contribution in [1.29, 1.82) is 0 Å². The molecule has 0 aliphatic heterocycles. The molecule has 0 aliphatic carbocycles. The topological polar surface area (TPSA) is 38.0 Å². The van der Waals surface area contributed by atoms with E-state index in [1.165, 1.54) is 4.88 Å². The van der Waals surface area contributed by atoms with E-state index >= 15 is 0 Å². The van der Waals surface area contributed by atoms with Gasteiger partial charge in [0.25, 0.3) is 0 Å². The van der Waals surface area contributed by atoms with Crippen LogP contribution < -0.4 is 11.1 Å². The second-order valence-corrected chi connectivity index (χ2v) is 4.75. The normalized spacial score (nSPS) is 13.0. The average molecular weight is 212 g/mol. The lowest BCUT2D eigenvalue weighted by atomic mass is 10.1. The fourth-order valence-corrected chi connectivity index (χ4v) is 2.11. The molecule has 0 saturated carbocycles. The van der Waals surface area contributed by atoms with E-state index in [2.05, 4.69) is 29.8 Å². The molecule has 3 heteroatoms. The predicted octanol–water partition coefficient (Wildman–Crippen LogP) is 1.87. The van der Waals surface area contributed by atoms with Crippen molar-refractivity contribution in [3.05, 3.63) is 22.4 Å². The molecular weight excluding hydrogens is 192 g/mol. The van der Waals surface area contributed by atoms with Crippen molar-refractivity contribution < 1.29 is 0 Å². The van der Waals surface area contributed by atoms with E-state index in [4.69, 9.17) is 5.73 Å². The third-order valence-corrected chi connectivity index (χ3v) is 3.22. The van der Waals surface area contributed by atoms with E-state index in [9.17, 15) is 0 Å². The van der Waals surface area contributed by atoms with Crippen molar-refractivity contribution in [3.8, 4) is 0 Å². The monoisotopic (exact) mass is 212 g/mol. The molecule has 1 atom stereocenters. The Morgan fingerprint density at radius 1 is 1.57 bits per heavy atom. The summed E-state index contributed by atoms with van der Waals surface area (Å²) < 4.78 is 0. The summed E-state index contributed by atoms with van der Waals surface area (Å²) in [4.78, 5) is 1.46. The van der Waals surface area contributed by atoms with Crippen LogP contribution in [0, 0.1) is 5.92 Å². The predicted molar refractivity (Wildman–Crippen MR) is 63.7 cm³/mol. The summed E-state index contributed by atoms with van der Waals surface area (Å²) in [6.45, 7) is 5.21. The lowest BCUT2D eigenvalue weighted by Crippen LogP contribution is -2.24. The van der Waals surface area contributed by atoms with Crippen LogP contribution in [0.3, 0.4) is 0 Å². The summed E-state index contributed by atoms with van der Waals surface area (Å²) >= 11 is 1.83. The Kier molecular flexibility index (Phi) is 5.83. The molecule has 1 heterocycles. The smallest absolute Gasteiger partial charge is 0.00578 e. The summed E-state index contributed by atoms with van der Waals surface area (Å²) in [5.41, 5.74) is 5.48. The maximum atomic E-state index is 5.48. The third-order valence-electron chi connectivity index (χ3n) is 2.28. The van der Waals surface area contributed by atoms with Gasteiger partial charge in [-0.1, -0.05) is 13.0 Å². The standard InChI is InChI=1S/C11H20N2S/c1-10(4-6-12)9-13-7-5-11-3-2-8-14-11/h2-3,8,10,13H,4-7,9,12H2,1H3. The molecule has 14 heavy (non-hydrogen) atoms. The molecule has 80 valence electrons. The van der Waals surface area contributed by atoms with Crippen LogP contribution in [0.4, 0.5) is 0 Å². The first-order valence-corrected chi connectivity index (χ1v) is 6.14. The van der Waals surface area contributed by atoms with Gasteiger partial charge in [-0.2, -0.15) is 0 Å². The van der Waals surface area contributed by atoms with E-state index in [0.717, 1.165) is 32.5 Å². The highest BCUT2D eigenvalue weighted by Crippen LogP contribution is 2.08. The molecule has 0 radical (unpaired) electrons. The molecule has 0 spiro atoms. The molecule has 1 unspecified atom stereocenters. The summed E-state index contributed by atoms with van der Waals surface area (Å²) in [7, 11) is 0. The highest BCUT2D eigenvalue weighted by Gasteiger charge is 1.99. The summed E-state index contributed by atoms with van der Waals surface area (Å²) in [6.07, 6.45) is 2.26. The first-order chi connectivity index (χ1) is 6.83. The summed E-state index contributed by atoms with van der Waals surface area (Å²) in [5.74, 6) is 0.698. The number of hydrogen-bond donors (Lipinski definition) is 2. The number of thiophene rings is 1. The number of nitrogens with two attached hydrogens (primary N) is 1. The Hall–Kier alpha value is -0.380. The molecule has 1 rings (SSSR count). The van der Waals surface area contributed by atoms with Crippen molar-refractivity contribution in [2.45, 2.75) is 19.8 Å². The van der Waals surface area contributed by atoms with Crippen molar-refractivity contribution in [1.82, 2.24) is 5.32 Å². The molecule has 1 aromatic rings. The molecule has 1 aromatic heterocycles. The lowest BCUT2D eigenvalue weighted by Gasteiger charge is -2.10. The van der Waals surface area contributed by atoms with Crippen molar-refractivity contribution in [3.63, 3.8) is 0 Å². The van der Waals surface area contributed by atoms with E-state index in [-0.39, 0.29) is 0 Å². The van der Waals surface area contributed by atoms with Crippen LogP contribution in [-0.4, -0.2) is 19.6 Å². The Labute approximate surface area is 90.5 Å². The highest BCUT2D eigenvalue weighted by molar-refractivity contribution is 7.09. The van der Waals surface area contributed by atoms with Gasteiger partial charge in [-0.05, 0) is 49.8 Å². The van der Waals surface area contributed by atoms with Gasteiger partial charge in [0.05, 0.1) is 0 Å². The van der Waals surface area contributed by atoms with Crippen molar-refractivity contribution in [2.24, 2.45) is 11.7 Å². The van der Waals surface area contributed by atoms with Gasteiger partial charge >= 0.3 is 0 Å². The van der Waals surface area contributed by atoms with Crippen LogP contribution in [0.2, 0.25) is 0 Å². The van der Waals surface area contributed by atoms with Gasteiger partial charge in [-0.3, -0.25) is 0 Å². The molecule has 0 aromatic carbocycles. The lowest BCUT2D eigenvalue weighted by molar-refractivity contribution is 0.489. The van der Waals surface area contributed by atoms with Gasteiger partial charge in [0, 0.05) is 4.88 Å². The van der Waals surface area contributed by atoms with Crippen molar-refractivity contribution >= 4 is 11.3 Å². The van der Waals surface area contributed by atoms with E-state index in [1.54, 1.807) is 0 Å². The molecule has 3 N–H and O–H groups in total. The maximum Gasteiger partial charge on any atom is 0.00578 e. The minimum Gasteiger partial charge on any atom is -0.330 e. The van der Waals surface area contributed by atoms with Gasteiger partial charge in [0.1, 0.15) is 0 Å². The summed E-state index contributed by atoms with van der Waals surface area (Å²) in [5, 5.41) is 5.59. The fraction of sp³-hybridized carbons (Fsp3) is 0.636. The van der Waals surface area contributed by atoms with Crippen LogP contribution in [0.15, 0.2) is 17.5 Å². The number of hydrogen-bond acceptors (Lipinski definition) is 3. The van der Waals surface area contributed by atoms with Gasteiger partial charge in [0.15, 0.2) is 0 Å². The first-order valence-electron chi connectivity index (χ1n) is 5.26. The summed E-state index contributed by atoms with van der Waals surface area (Å²) in [6, 6.07) is 4.30. The van der Waals surface area contributed by atoms with E-state index < -0.39 is 0 Å². The zero-order valence-corrected chi connectivity index (χ0v) is 9.65. The van der Waals surface area contributed by atoms with E-state index in [1.807, 2.05) is 11.3 Å². The second kappa shape index (κ2) is 6.98. The average Bonchev–Trinajstić information content (AvgIpc) is 2.65. The molecule has 2 nitrogen and oxygen atoms in total. The fourth-order valence-electron chi connectivity index (χ4n) is 1.40. The van der Waals surface area contributed by atoms with Crippen LogP contribution >= 0.6 is 11.3 Å². The molecule has 0 amide bonds. The molecule has 0 saturated heterocycles. The molecule has 0 bridgehead atoms. The van der Waals surface area contributed by atoms with Gasteiger partial charge < -0.3 is 11.1 Å². The minimum atomic E-state index is 0.698. The molecular formula is C11H20N2S. The minimum absolute atomic E-state index is 0.698. The second-order valence-electron chi connectivity index (χ2n) is 3.72. The first kappa shape index (κ1) is 11.7. The van der Waals surface area contributed by atoms with Crippen LogP contribution in [0.1, 0.15) is 18.2 Å². The Bertz CT molecular complexity index is 221. The van der Waals surface area contributed by atoms with Crippen LogP contribution in [0.25, 0.3) is 0 Å². The third kappa shape index (κ3) is 4.74. The Balaban J connectivity index is 1.99. The zero-order chi connectivity index (χ0) is 10.2. The SMILES string of the molecule is CC(CCN)CNCCc1cccs1. The van der Waals surface area contributed by atoms with Gasteiger partial charge in [-0.15, -0.1) is 11.3 Å². The van der Waals surface area contributed by atoms with Crippen LogP contribution in [0.5, 0.6) is 0 Å². The van der Waals surface area contributed by atoms with E-state index in [0.29, 0.717) is 5.92 Å². The largest absolute Gasteiger partial charge is 0.330 e. The van der Waals surface area contributed by atoms with Crippen molar-refractivity contribution in [2.75, 3.05) is 19.6 Å². The molecule has 0 aliphatic rings. The highest BCUT2D eigenvalue weighted by atomic mass is 32.1. The quantitative estimate of drug-likeness (QED) is 0.677. The number of rotatable bonds is 7. The zero-order valence-electron chi connectivity index (χ0n) is 8.83. The van der Waals surface area contributed by atoms with Crippen LogP contribution in [-0.2, 0) is 6.42 Å². The van der Waals surface area contributed by atoms with Gasteiger partial charge in [0.2, 0.25) is 0 Å². The van der Waals surface area contributed by atoms with Gasteiger partial charge in [-0.25, -0.2) is 0 Å². The molecule has 0 fully saturated rings. The Morgan fingerprint density at radius 3 is 3.07 bits per heavy atom. The maximum absolute atomic E-state index is 5.48. The Morgan fingerprint density at radius 2 is 2.43 bits per heavy atom.